The van der Waals surface area contributed by atoms with Gasteiger partial charge in [-0.15, -0.1) is 0 Å². The number of carbonyl (C=O) groups is 1. The Bertz CT molecular complexity index is 428. The lowest BCUT2D eigenvalue weighted by Gasteiger charge is -2.16. The van der Waals surface area contributed by atoms with E-state index in [0.717, 1.165) is 5.56 Å². The first-order chi connectivity index (χ1) is 9.02. The van der Waals surface area contributed by atoms with Crippen LogP contribution >= 0.6 is 0 Å². The number of hydrogen-bond donors (Lipinski definition) is 3. The molecule has 19 heavy (non-hydrogen) atoms. The Balaban J connectivity index is 0.000000191. The molecule has 104 valence electrons. The van der Waals surface area contributed by atoms with Gasteiger partial charge in [-0.05, 0) is 30.5 Å². The third kappa shape index (κ3) is 5.63. The molecular weight excluding hydrogens is 251 g/mol. The van der Waals surface area contributed by atoms with Crippen LogP contribution in [0.15, 0.2) is 36.4 Å². The summed E-state index contributed by atoms with van der Waals surface area (Å²) in [6.07, 6.45) is 3.82. The SMILES string of the molecule is O=C(O)[C@@H]1C=CC[C@H](O)C1.OCc1ccc(F)cc1. The molecular formula is C14H17FO4. The number of rotatable bonds is 2. The standard InChI is InChI=1S/C7H7FO.C7H10O3/c8-7-3-1-6(5-9)2-4-7;8-6-3-1-2-5(4-6)7(9)10/h1-4,9H,5H2;1-2,5-6,8H,3-4H2,(H,9,10)/t;5-,6+/m.1/s1. The molecule has 4 nitrogen and oxygen atoms in total. The number of carboxylic acids is 1. The number of aliphatic carboxylic acids is 1. The van der Waals surface area contributed by atoms with Crippen LogP contribution in [0.25, 0.3) is 0 Å². The Morgan fingerprint density at radius 3 is 2.37 bits per heavy atom. The second-order valence-electron chi connectivity index (χ2n) is 4.28. The number of aliphatic hydroxyl groups is 2. The molecule has 0 radical (unpaired) electrons. The highest BCUT2D eigenvalue weighted by Gasteiger charge is 2.20. The Morgan fingerprint density at radius 2 is 1.95 bits per heavy atom. The molecule has 1 aliphatic rings. The molecule has 3 N–H and O–H groups in total. The molecule has 0 bridgehead atoms. The molecule has 0 fully saturated rings. The van der Waals surface area contributed by atoms with Gasteiger partial charge in [0.25, 0.3) is 0 Å². The van der Waals surface area contributed by atoms with Gasteiger partial charge in [0.05, 0.1) is 18.6 Å². The van der Waals surface area contributed by atoms with E-state index in [2.05, 4.69) is 0 Å². The summed E-state index contributed by atoms with van der Waals surface area (Å²) < 4.78 is 12.1. The van der Waals surface area contributed by atoms with Crippen molar-refractivity contribution < 1.29 is 24.5 Å². The van der Waals surface area contributed by atoms with Crippen molar-refractivity contribution in [3.63, 3.8) is 0 Å². The average Bonchev–Trinajstić information content (AvgIpc) is 2.40. The highest BCUT2D eigenvalue weighted by molar-refractivity contribution is 5.72. The minimum atomic E-state index is -0.852. The van der Waals surface area contributed by atoms with Gasteiger partial charge in [0.15, 0.2) is 0 Å². The highest BCUT2D eigenvalue weighted by atomic mass is 19.1. The summed E-state index contributed by atoms with van der Waals surface area (Å²) in [5, 5.41) is 26.0. The van der Waals surface area contributed by atoms with E-state index in [0.29, 0.717) is 12.8 Å². The topological polar surface area (TPSA) is 77.8 Å². The lowest BCUT2D eigenvalue weighted by molar-refractivity contribution is -0.141. The molecule has 1 aliphatic carbocycles. The Kier molecular flexibility index (Phi) is 6.18. The second kappa shape index (κ2) is 7.66. The van der Waals surface area contributed by atoms with Crippen LogP contribution in [-0.4, -0.2) is 27.4 Å². The Morgan fingerprint density at radius 1 is 1.32 bits per heavy atom. The summed E-state index contributed by atoms with van der Waals surface area (Å²) in [6.45, 7) is -0.0275. The van der Waals surface area contributed by atoms with Crippen molar-refractivity contribution in [2.75, 3.05) is 0 Å². The predicted molar refractivity (Wildman–Crippen MR) is 67.8 cm³/mol. The van der Waals surface area contributed by atoms with Crippen molar-refractivity contribution in [3.05, 3.63) is 47.8 Å². The van der Waals surface area contributed by atoms with Gasteiger partial charge in [-0.25, -0.2) is 4.39 Å². The van der Waals surface area contributed by atoms with Crippen molar-refractivity contribution in [1.29, 1.82) is 0 Å². The van der Waals surface area contributed by atoms with Gasteiger partial charge in [0.2, 0.25) is 0 Å². The summed E-state index contributed by atoms with van der Waals surface area (Å²) in [5.41, 5.74) is 0.733. The predicted octanol–water partition coefficient (Wildman–Crippen LogP) is 1.72. The zero-order valence-corrected chi connectivity index (χ0v) is 10.4. The summed E-state index contributed by atoms with van der Waals surface area (Å²) in [4.78, 5) is 10.3. The molecule has 0 saturated carbocycles. The lowest BCUT2D eigenvalue weighted by Crippen LogP contribution is -2.21. The van der Waals surface area contributed by atoms with E-state index < -0.39 is 18.0 Å². The Hall–Kier alpha value is -1.72. The summed E-state index contributed by atoms with van der Waals surface area (Å²) >= 11 is 0. The van der Waals surface area contributed by atoms with E-state index in [9.17, 15) is 9.18 Å². The number of halogens is 1. The van der Waals surface area contributed by atoms with Crippen LogP contribution in [0.5, 0.6) is 0 Å². The van der Waals surface area contributed by atoms with Crippen LogP contribution in [0, 0.1) is 11.7 Å². The van der Waals surface area contributed by atoms with Gasteiger partial charge < -0.3 is 15.3 Å². The third-order valence-corrected chi connectivity index (χ3v) is 2.72. The van der Waals surface area contributed by atoms with Crippen molar-refractivity contribution in [2.24, 2.45) is 5.92 Å². The monoisotopic (exact) mass is 268 g/mol. The fourth-order valence-electron chi connectivity index (χ4n) is 1.64. The van der Waals surface area contributed by atoms with Crippen LogP contribution in [0.2, 0.25) is 0 Å². The van der Waals surface area contributed by atoms with Crippen molar-refractivity contribution in [2.45, 2.75) is 25.6 Å². The molecule has 2 atom stereocenters. The maximum atomic E-state index is 12.1. The number of hydrogen-bond acceptors (Lipinski definition) is 3. The lowest BCUT2D eigenvalue weighted by atomic mass is 9.94. The zero-order valence-electron chi connectivity index (χ0n) is 10.4. The van der Waals surface area contributed by atoms with Crippen molar-refractivity contribution in [3.8, 4) is 0 Å². The molecule has 0 saturated heterocycles. The van der Waals surface area contributed by atoms with Gasteiger partial charge >= 0.3 is 5.97 Å². The van der Waals surface area contributed by atoms with E-state index >= 15 is 0 Å². The zero-order chi connectivity index (χ0) is 14.3. The van der Waals surface area contributed by atoms with E-state index in [1.54, 1.807) is 24.3 Å². The molecule has 0 heterocycles. The molecule has 0 spiro atoms. The molecule has 0 unspecified atom stereocenters. The smallest absolute Gasteiger partial charge is 0.310 e. The second-order valence-corrected chi connectivity index (χ2v) is 4.28. The first kappa shape index (κ1) is 15.3. The van der Waals surface area contributed by atoms with Gasteiger partial charge in [-0.3, -0.25) is 4.79 Å². The summed E-state index contributed by atoms with van der Waals surface area (Å²) in [7, 11) is 0. The molecule has 1 aromatic carbocycles. The highest BCUT2D eigenvalue weighted by Crippen LogP contribution is 2.17. The summed E-state index contributed by atoms with van der Waals surface area (Å²) in [5.74, 6) is -1.61. The number of carboxylic acid groups (broad SMARTS) is 1. The quantitative estimate of drug-likeness (QED) is 0.714. The van der Waals surface area contributed by atoms with E-state index in [1.165, 1.54) is 12.1 Å². The maximum Gasteiger partial charge on any atom is 0.310 e. The fourth-order valence-corrected chi connectivity index (χ4v) is 1.64. The van der Waals surface area contributed by atoms with E-state index in [4.69, 9.17) is 15.3 Å². The first-order valence-electron chi connectivity index (χ1n) is 5.95. The minimum absolute atomic E-state index is 0.0275. The van der Waals surface area contributed by atoms with Gasteiger partial charge in [0.1, 0.15) is 5.82 Å². The molecule has 1 aromatic rings. The molecule has 0 aliphatic heterocycles. The van der Waals surface area contributed by atoms with Gasteiger partial charge in [-0.1, -0.05) is 24.3 Å². The first-order valence-corrected chi connectivity index (χ1v) is 5.95. The van der Waals surface area contributed by atoms with E-state index in [1.807, 2.05) is 0 Å². The molecule has 2 rings (SSSR count). The molecule has 5 heteroatoms. The van der Waals surface area contributed by atoms with Gasteiger partial charge in [-0.2, -0.15) is 0 Å². The van der Waals surface area contributed by atoms with Crippen LogP contribution in [-0.2, 0) is 11.4 Å². The molecule has 0 amide bonds. The van der Waals surface area contributed by atoms with E-state index in [-0.39, 0.29) is 12.4 Å². The van der Waals surface area contributed by atoms with Crippen LogP contribution in [0.3, 0.4) is 0 Å². The molecule has 0 aromatic heterocycles. The van der Waals surface area contributed by atoms with Crippen LogP contribution < -0.4 is 0 Å². The number of benzene rings is 1. The minimum Gasteiger partial charge on any atom is -0.481 e. The van der Waals surface area contributed by atoms with Gasteiger partial charge in [0, 0.05) is 0 Å². The Labute approximate surface area is 110 Å². The summed E-state index contributed by atoms with van der Waals surface area (Å²) in [6, 6.07) is 5.75. The van der Waals surface area contributed by atoms with Crippen LogP contribution in [0.4, 0.5) is 4.39 Å². The maximum absolute atomic E-state index is 12.1. The largest absolute Gasteiger partial charge is 0.481 e. The third-order valence-electron chi connectivity index (χ3n) is 2.72. The number of aliphatic hydroxyl groups excluding tert-OH is 2. The fraction of sp³-hybridized carbons (Fsp3) is 0.357. The van der Waals surface area contributed by atoms with Crippen molar-refractivity contribution >= 4 is 5.97 Å². The van der Waals surface area contributed by atoms with Crippen molar-refractivity contribution in [1.82, 2.24) is 0 Å². The normalized spacial score (nSPS) is 21.4. The average molecular weight is 268 g/mol. The van der Waals surface area contributed by atoms with Crippen LogP contribution in [0.1, 0.15) is 18.4 Å².